The average Bonchev–Trinajstić information content (AvgIpc) is 3.13. The summed E-state index contributed by atoms with van der Waals surface area (Å²) in [5.41, 5.74) is 1.16. The summed E-state index contributed by atoms with van der Waals surface area (Å²) in [5.74, 6) is 1.30. The van der Waals surface area contributed by atoms with E-state index in [4.69, 9.17) is 4.74 Å². The molecule has 3 unspecified atom stereocenters. The van der Waals surface area contributed by atoms with Crippen molar-refractivity contribution in [2.75, 3.05) is 12.3 Å². The first-order chi connectivity index (χ1) is 10.3. The van der Waals surface area contributed by atoms with E-state index in [2.05, 4.69) is 29.3 Å². The van der Waals surface area contributed by atoms with Gasteiger partial charge in [0.1, 0.15) is 6.10 Å². The van der Waals surface area contributed by atoms with Crippen molar-refractivity contribution in [2.45, 2.75) is 43.0 Å². The van der Waals surface area contributed by atoms with Crippen LogP contribution in [0.5, 0.6) is 0 Å². The number of allylic oxidation sites excluding steroid dienone is 3. The van der Waals surface area contributed by atoms with Crippen molar-refractivity contribution in [2.24, 2.45) is 16.8 Å². The lowest BCUT2D eigenvalue weighted by molar-refractivity contribution is -0.154. The molecule has 2 fully saturated rings. The fraction of sp³-hybridized carbons (Fsp3) is 0.647. The smallest absolute Gasteiger partial charge is 0.310 e. The van der Waals surface area contributed by atoms with Crippen LogP contribution >= 0.6 is 11.8 Å². The van der Waals surface area contributed by atoms with E-state index in [1.54, 1.807) is 0 Å². The van der Waals surface area contributed by atoms with E-state index in [1.165, 1.54) is 12.8 Å². The maximum absolute atomic E-state index is 12.6. The summed E-state index contributed by atoms with van der Waals surface area (Å²) in [6.45, 7) is 0.841. The molecule has 1 saturated carbocycles. The number of carbonyl (C=O) groups is 1. The number of hydrogen-bond acceptors (Lipinski definition) is 4. The Hall–Kier alpha value is -1.03. The first-order valence-corrected chi connectivity index (χ1v) is 9.03. The molecule has 112 valence electrons. The van der Waals surface area contributed by atoms with Crippen LogP contribution in [0.25, 0.3) is 0 Å². The Morgan fingerprint density at radius 3 is 3.00 bits per heavy atom. The fourth-order valence-corrected chi connectivity index (χ4v) is 5.93. The highest BCUT2D eigenvalue weighted by Crippen LogP contribution is 2.53. The second kappa shape index (κ2) is 5.31. The Balaban J connectivity index is 1.54. The minimum Gasteiger partial charge on any atom is -0.462 e. The van der Waals surface area contributed by atoms with Gasteiger partial charge in [0, 0.05) is 12.3 Å². The normalized spacial score (nSPS) is 38.0. The van der Waals surface area contributed by atoms with Gasteiger partial charge >= 0.3 is 5.97 Å². The molecule has 4 heteroatoms. The van der Waals surface area contributed by atoms with Gasteiger partial charge in [-0.15, -0.1) is 11.8 Å². The van der Waals surface area contributed by atoms with Crippen molar-refractivity contribution in [1.82, 2.24) is 0 Å². The second-order valence-corrected chi connectivity index (χ2v) is 7.73. The van der Waals surface area contributed by atoms with Crippen LogP contribution < -0.4 is 0 Å². The summed E-state index contributed by atoms with van der Waals surface area (Å²) in [4.78, 5) is 17.3. The summed E-state index contributed by atoms with van der Waals surface area (Å²) in [6.07, 6.45) is 14.2. The molecule has 4 rings (SSSR count). The maximum Gasteiger partial charge on any atom is 0.310 e. The van der Waals surface area contributed by atoms with Gasteiger partial charge in [-0.25, -0.2) is 0 Å². The van der Waals surface area contributed by atoms with Gasteiger partial charge in [0.15, 0.2) is 0 Å². The molecule has 1 spiro atoms. The lowest BCUT2D eigenvalue weighted by atomic mass is 9.74. The largest absolute Gasteiger partial charge is 0.462 e. The number of rotatable bonds is 2. The number of hydrogen-bond donors (Lipinski definition) is 0. The van der Waals surface area contributed by atoms with Crippen LogP contribution in [0.4, 0.5) is 0 Å². The minimum atomic E-state index is -0.0631. The molecular formula is C17H21NO2S. The van der Waals surface area contributed by atoms with Crippen molar-refractivity contribution in [1.29, 1.82) is 0 Å². The van der Waals surface area contributed by atoms with E-state index in [9.17, 15) is 4.79 Å². The van der Waals surface area contributed by atoms with Crippen LogP contribution in [-0.2, 0) is 9.53 Å². The first kappa shape index (κ1) is 13.6. The summed E-state index contributed by atoms with van der Waals surface area (Å²) in [6, 6.07) is 0. The molecule has 4 aliphatic rings. The second-order valence-electron chi connectivity index (χ2n) is 6.43. The number of nitrogens with zero attached hydrogens (tertiary/aromatic N) is 1. The van der Waals surface area contributed by atoms with Crippen molar-refractivity contribution in [3.8, 4) is 0 Å². The van der Waals surface area contributed by atoms with E-state index in [-0.39, 0.29) is 22.7 Å². The zero-order valence-electron chi connectivity index (χ0n) is 12.2. The number of aliphatic imine (C=N–C) groups is 1. The molecule has 0 radical (unpaired) electrons. The third kappa shape index (κ3) is 2.19. The van der Waals surface area contributed by atoms with Crippen LogP contribution in [0.1, 0.15) is 32.1 Å². The maximum atomic E-state index is 12.6. The van der Waals surface area contributed by atoms with E-state index < -0.39 is 0 Å². The van der Waals surface area contributed by atoms with E-state index in [0.717, 1.165) is 37.3 Å². The first-order valence-electron chi connectivity index (χ1n) is 8.05. The highest BCUT2D eigenvalue weighted by Gasteiger charge is 2.54. The van der Waals surface area contributed by atoms with Crippen molar-refractivity contribution < 1.29 is 9.53 Å². The highest BCUT2D eigenvalue weighted by molar-refractivity contribution is 8.02. The molecule has 0 amide bonds. The Kier molecular flexibility index (Phi) is 3.44. The fourth-order valence-electron chi connectivity index (χ4n) is 4.15. The molecule has 2 heterocycles. The monoisotopic (exact) mass is 303 g/mol. The zero-order valence-corrected chi connectivity index (χ0v) is 13.0. The van der Waals surface area contributed by atoms with E-state index in [0.29, 0.717) is 5.92 Å². The number of thioether (sulfide) groups is 1. The highest BCUT2D eigenvalue weighted by atomic mass is 32.2. The van der Waals surface area contributed by atoms with Crippen molar-refractivity contribution in [3.63, 3.8) is 0 Å². The Bertz CT molecular complexity index is 533. The van der Waals surface area contributed by atoms with Gasteiger partial charge in [-0.05, 0) is 44.1 Å². The Labute approximate surface area is 129 Å². The van der Waals surface area contributed by atoms with E-state index >= 15 is 0 Å². The molecule has 0 N–H and O–H groups in total. The average molecular weight is 303 g/mol. The number of ether oxygens (including phenoxy) is 1. The molecule has 0 aromatic rings. The van der Waals surface area contributed by atoms with Crippen molar-refractivity contribution >= 4 is 23.4 Å². The van der Waals surface area contributed by atoms with Crippen LogP contribution in [0.2, 0.25) is 0 Å². The summed E-state index contributed by atoms with van der Waals surface area (Å²) in [5, 5.41) is 0. The van der Waals surface area contributed by atoms with Gasteiger partial charge in [-0.2, -0.15) is 0 Å². The topological polar surface area (TPSA) is 38.7 Å². The molecule has 2 aliphatic heterocycles. The zero-order chi connectivity index (χ0) is 14.3. The van der Waals surface area contributed by atoms with Gasteiger partial charge in [-0.1, -0.05) is 18.2 Å². The van der Waals surface area contributed by atoms with Gasteiger partial charge in [-0.3, -0.25) is 9.79 Å². The quantitative estimate of drug-likeness (QED) is 0.736. The molecule has 0 bridgehead atoms. The lowest BCUT2D eigenvalue weighted by Crippen LogP contribution is -2.45. The van der Waals surface area contributed by atoms with Gasteiger partial charge < -0.3 is 4.74 Å². The number of carbonyl (C=O) groups excluding carboxylic acids is 1. The summed E-state index contributed by atoms with van der Waals surface area (Å²) < 4.78 is 5.72. The third-order valence-corrected chi connectivity index (χ3v) is 6.91. The van der Waals surface area contributed by atoms with Crippen LogP contribution in [0.15, 0.2) is 29.3 Å². The lowest BCUT2D eigenvalue weighted by Gasteiger charge is -2.38. The Morgan fingerprint density at radius 2 is 2.14 bits per heavy atom. The van der Waals surface area contributed by atoms with Crippen LogP contribution in [-0.4, -0.2) is 34.8 Å². The standard InChI is InChI=1S/C17H21NO2S/c19-16(20-12-5-1-2-6-12)13-11-21-17-9-4-3-7-15(17)18-10-8-14(13)17/h3-4,7,9,12-14H,1-2,5-6,8,10-11H2. The molecule has 0 aromatic carbocycles. The molecule has 21 heavy (non-hydrogen) atoms. The van der Waals surface area contributed by atoms with Gasteiger partial charge in [0.25, 0.3) is 0 Å². The molecule has 3 atom stereocenters. The molecule has 1 saturated heterocycles. The molecule has 0 aromatic heterocycles. The van der Waals surface area contributed by atoms with Crippen LogP contribution in [0, 0.1) is 11.8 Å². The van der Waals surface area contributed by atoms with Gasteiger partial charge in [0.05, 0.1) is 16.4 Å². The van der Waals surface area contributed by atoms with Crippen molar-refractivity contribution in [3.05, 3.63) is 24.3 Å². The SMILES string of the molecule is O=C(OC1CCCC1)C1CSC23C=CC=CC2=NCCC13. The third-order valence-electron chi connectivity index (χ3n) is 5.26. The van der Waals surface area contributed by atoms with Crippen LogP contribution in [0.3, 0.4) is 0 Å². The van der Waals surface area contributed by atoms with E-state index in [1.807, 2.05) is 11.8 Å². The summed E-state index contributed by atoms with van der Waals surface area (Å²) in [7, 11) is 0. The number of esters is 1. The molecular weight excluding hydrogens is 282 g/mol. The summed E-state index contributed by atoms with van der Waals surface area (Å²) >= 11 is 1.88. The molecule has 2 aliphatic carbocycles. The predicted octanol–water partition coefficient (Wildman–Crippen LogP) is 3.16. The Morgan fingerprint density at radius 1 is 1.29 bits per heavy atom. The minimum absolute atomic E-state index is 0.0391. The van der Waals surface area contributed by atoms with Gasteiger partial charge in [0.2, 0.25) is 0 Å². The predicted molar refractivity (Wildman–Crippen MR) is 85.7 cm³/mol. The molecule has 3 nitrogen and oxygen atoms in total.